The minimum atomic E-state index is -7.44. The van der Waals surface area contributed by atoms with E-state index in [1.807, 2.05) is 0 Å². The van der Waals surface area contributed by atoms with E-state index in [2.05, 4.69) is 16.9 Å². The van der Waals surface area contributed by atoms with Crippen LogP contribution in [0, 0.1) is 11.8 Å². The number of alkyl halides is 11. The quantitative estimate of drug-likeness (QED) is 0.109. The van der Waals surface area contributed by atoms with Crippen LogP contribution in [-0.2, 0) is 11.2 Å². The Morgan fingerprint density at radius 2 is 1.33 bits per heavy atom. The molecule has 42 heavy (non-hydrogen) atoms. The smallest absolute Gasteiger partial charge is 0.426 e. The average molecular weight is 621 g/mol. The average Bonchev–Trinajstić information content (AvgIpc) is 2.93. The number of hydrogen-bond donors (Lipinski definition) is 0. The van der Waals surface area contributed by atoms with Crippen molar-refractivity contribution < 1.29 is 57.8 Å². The van der Waals surface area contributed by atoms with Crippen LogP contribution in [-0.4, -0.2) is 45.8 Å². The number of nitrogens with zero attached hydrogens (tertiary/aromatic N) is 2. The topological polar surface area (TPSA) is 52.1 Å². The lowest BCUT2D eigenvalue weighted by molar-refractivity contribution is -0.427. The van der Waals surface area contributed by atoms with E-state index in [-0.39, 0.29) is 5.75 Å². The second-order valence-electron chi connectivity index (χ2n) is 10.2. The number of carbonyl (C=O) groups is 1. The van der Waals surface area contributed by atoms with Gasteiger partial charge in [-0.1, -0.05) is 19.8 Å². The number of benzene rings is 1. The third kappa shape index (κ3) is 6.48. The van der Waals surface area contributed by atoms with Crippen molar-refractivity contribution in [1.29, 1.82) is 0 Å². The van der Waals surface area contributed by atoms with Gasteiger partial charge in [-0.05, 0) is 68.4 Å². The predicted octanol–water partition coefficient (Wildman–Crippen LogP) is 8.69. The highest BCUT2D eigenvalue weighted by molar-refractivity contribution is 5.75. The lowest BCUT2D eigenvalue weighted by Crippen LogP contribution is -2.67. The van der Waals surface area contributed by atoms with Gasteiger partial charge in [-0.2, -0.15) is 48.3 Å². The standard InChI is InChI=1S/C27H27F11N2O2/c1-2-3-4-5-16-14-39-21(40-15-16)17-8-12-20(13-9-17)42-22(41)18-6-10-19(11-7-18)23(28,29)24(30,31)25(32,33)26(34,35)27(36,37)38/h8-9,12-15,18-19H,2-7,10-11H2,1H3/t18-,19-. The highest BCUT2D eigenvalue weighted by atomic mass is 19.4. The molecular weight excluding hydrogens is 593 g/mol. The van der Waals surface area contributed by atoms with Gasteiger partial charge >= 0.3 is 35.8 Å². The summed E-state index contributed by atoms with van der Waals surface area (Å²) in [6.07, 6.45) is -3.01. The van der Waals surface area contributed by atoms with Crippen LogP contribution in [0.3, 0.4) is 0 Å². The predicted molar refractivity (Wildman–Crippen MR) is 128 cm³/mol. The minimum Gasteiger partial charge on any atom is -0.426 e. The molecule has 234 valence electrons. The molecule has 1 aliphatic carbocycles. The number of rotatable bonds is 11. The van der Waals surface area contributed by atoms with Gasteiger partial charge in [-0.3, -0.25) is 4.79 Å². The SMILES string of the molecule is CCCCCc1cnc(-c2ccc(OC(=O)[C@H]3CC[C@H](C(F)(F)C(F)(F)C(F)(F)C(F)(F)C(F)(F)F)CC3)cc2)nc1. The van der Waals surface area contributed by atoms with Crippen molar-refractivity contribution in [2.45, 2.75) is 88.2 Å². The third-order valence-electron chi connectivity index (χ3n) is 7.24. The van der Waals surface area contributed by atoms with E-state index in [1.54, 1.807) is 24.5 Å². The van der Waals surface area contributed by atoms with Crippen molar-refractivity contribution in [1.82, 2.24) is 9.97 Å². The molecule has 0 N–H and O–H groups in total. The summed E-state index contributed by atoms with van der Waals surface area (Å²) in [5.74, 6) is -32.2. The van der Waals surface area contributed by atoms with Gasteiger partial charge in [-0.25, -0.2) is 9.97 Å². The van der Waals surface area contributed by atoms with E-state index >= 15 is 0 Å². The van der Waals surface area contributed by atoms with Crippen LogP contribution in [0.2, 0.25) is 0 Å². The first-order chi connectivity index (χ1) is 19.4. The van der Waals surface area contributed by atoms with E-state index in [9.17, 15) is 53.1 Å². The van der Waals surface area contributed by atoms with Crippen LogP contribution in [0.4, 0.5) is 48.3 Å². The van der Waals surface area contributed by atoms with Crippen LogP contribution in [0.1, 0.15) is 57.4 Å². The van der Waals surface area contributed by atoms with Gasteiger partial charge in [-0.15, -0.1) is 0 Å². The Balaban J connectivity index is 1.60. The Kier molecular flexibility index (Phi) is 9.82. The van der Waals surface area contributed by atoms with Crippen molar-refractivity contribution in [2.75, 3.05) is 0 Å². The maximum atomic E-state index is 14.4. The van der Waals surface area contributed by atoms with Gasteiger partial charge in [0.2, 0.25) is 0 Å². The highest BCUT2D eigenvalue weighted by Gasteiger charge is 2.87. The second kappa shape index (κ2) is 12.3. The van der Waals surface area contributed by atoms with Crippen LogP contribution in [0.5, 0.6) is 5.75 Å². The van der Waals surface area contributed by atoms with Crippen LogP contribution in [0.15, 0.2) is 36.7 Å². The summed E-state index contributed by atoms with van der Waals surface area (Å²) in [6, 6.07) is 5.89. The highest BCUT2D eigenvalue weighted by Crippen LogP contribution is 2.60. The summed E-state index contributed by atoms with van der Waals surface area (Å²) in [6.45, 7) is 2.09. The lowest BCUT2D eigenvalue weighted by Gasteiger charge is -2.41. The van der Waals surface area contributed by atoms with Gasteiger partial charge in [0, 0.05) is 23.9 Å². The molecule has 0 saturated heterocycles. The molecule has 0 unspecified atom stereocenters. The molecule has 0 aliphatic heterocycles. The fourth-order valence-corrected chi connectivity index (χ4v) is 4.62. The zero-order chi connectivity index (χ0) is 31.6. The van der Waals surface area contributed by atoms with E-state index in [1.165, 1.54) is 12.1 Å². The zero-order valence-corrected chi connectivity index (χ0v) is 22.1. The summed E-state index contributed by atoms with van der Waals surface area (Å²) in [4.78, 5) is 21.1. The molecule has 1 aromatic carbocycles. The van der Waals surface area contributed by atoms with Gasteiger partial charge in [0.25, 0.3) is 0 Å². The fraction of sp³-hybridized carbons (Fsp3) is 0.593. The number of unbranched alkanes of at least 4 members (excludes halogenated alkanes) is 2. The van der Waals surface area contributed by atoms with Crippen LogP contribution in [0.25, 0.3) is 11.4 Å². The maximum Gasteiger partial charge on any atom is 0.460 e. The summed E-state index contributed by atoms with van der Waals surface area (Å²) in [5, 5.41) is 0. The van der Waals surface area contributed by atoms with E-state index in [0.29, 0.717) is 11.4 Å². The second-order valence-corrected chi connectivity index (χ2v) is 10.2. The van der Waals surface area contributed by atoms with Gasteiger partial charge in [0.05, 0.1) is 5.92 Å². The summed E-state index contributed by atoms with van der Waals surface area (Å²) < 4.78 is 152. The van der Waals surface area contributed by atoms with Crippen LogP contribution < -0.4 is 4.74 Å². The Bertz CT molecular complexity index is 1190. The first-order valence-electron chi connectivity index (χ1n) is 13.1. The number of hydrogen-bond acceptors (Lipinski definition) is 4. The zero-order valence-electron chi connectivity index (χ0n) is 22.1. The number of aromatic nitrogens is 2. The van der Waals surface area contributed by atoms with Gasteiger partial charge in [0.1, 0.15) is 5.75 Å². The number of carbonyl (C=O) groups excluding carboxylic acids is 1. The summed E-state index contributed by atoms with van der Waals surface area (Å²) in [7, 11) is 0. The van der Waals surface area contributed by atoms with Gasteiger partial charge < -0.3 is 4.74 Å². The Morgan fingerprint density at radius 1 is 0.786 bits per heavy atom. The summed E-state index contributed by atoms with van der Waals surface area (Å²) in [5.41, 5.74) is 1.56. The number of esters is 1. The number of ether oxygens (including phenoxy) is 1. The summed E-state index contributed by atoms with van der Waals surface area (Å²) >= 11 is 0. The molecule has 1 heterocycles. The maximum absolute atomic E-state index is 14.4. The largest absolute Gasteiger partial charge is 0.460 e. The molecule has 0 spiro atoms. The fourth-order valence-electron chi connectivity index (χ4n) is 4.62. The Labute approximate surface area is 233 Å². The Morgan fingerprint density at radius 3 is 1.83 bits per heavy atom. The molecule has 0 amide bonds. The lowest BCUT2D eigenvalue weighted by atomic mass is 9.76. The molecule has 0 radical (unpaired) electrons. The number of aryl methyl sites for hydroxylation is 1. The van der Waals surface area contributed by atoms with Crippen molar-refractivity contribution in [2.24, 2.45) is 11.8 Å². The molecule has 0 atom stereocenters. The monoisotopic (exact) mass is 620 g/mol. The molecule has 3 rings (SSSR count). The van der Waals surface area contributed by atoms with Crippen molar-refractivity contribution in [3.63, 3.8) is 0 Å². The molecule has 1 fully saturated rings. The molecule has 1 aliphatic rings. The van der Waals surface area contributed by atoms with Crippen LogP contribution >= 0.6 is 0 Å². The van der Waals surface area contributed by atoms with Crippen molar-refractivity contribution in [3.8, 4) is 17.1 Å². The van der Waals surface area contributed by atoms with Crippen molar-refractivity contribution >= 4 is 5.97 Å². The van der Waals surface area contributed by atoms with E-state index < -0.39 is 73.4 Å². The molecule has 4 nitrogen and oxygen atoms in total. The molecular formula is C27H27F11N2O2. The molecule has 1 saturated carbocycles. The number of halogens is 11. The molecule has 1 aromatic heterocycles. The Hall–Kier alpha value is -3.00. The normalized spacial score (nSPS) is 19.0. The molecule has 15 heteroatoms. The first-order valence-corrected chi connectivity index (χ1v) is 13.1. The van der Waals surface area contributed by atoms with Gasteiger partial charge in [0.15, 0.2) is 5.82 Å². The van der Waals surface area contributed by atoms with E-state index in [4.69, 9.17) is 4.74 Å². The van der Waals surface area contributed by atoms with Crippen molar-refractivity contribution in [3.05, 3.63) is 42.2 Å². The minimum absolute atomic E-state index is 0.0351. The third-order valence-corrected chi connectivity index (χ3v) is 7.24. The molecule has 0 bridgehead atoms. The molecule has 2 aromatic rings. The van der Waals surface area contributed by atoms with E-state index in [0.717, 1.165) is 31.2 Å². The first kappa shape index (κ1) is 33.5.